The molecule has 0 spiro atoms. The predicted molar refractivity (Wildman–Crippen MR) is 51.1 cm³/mol. The molecule has 1 rings (SSSR count). The zero-order chi connectivity index (χ0) is 9.14. The van der Waals surface area contributed by atoms with Gasteiger partial charge in [0.25, 0.3) is 0 Å². The Morgan fingerprint density at radius 1 is 1.50 bits per heavy atom. The Morgan fingerprint density at radius 2 is 2.17 bits per heavy atom. The van der Waals surface area contributed by atoms with Gasteiger partial charge in [0.05, 0.1) is 6.61 Å². The van der Waals surface area contributed by atoms with Gasteiger partial charge in [-0.1, -0.05) is 13.8 Å². The number of aliphatic hydroxyl groups excluding tert-OH is 1. The van der Waals surface area contributed by atoms with Gasteiger partial charge in [-0.25, -0.2) is 0 Å². The summed E-state index contributed by atoms with van der Waals surface area (Å²) in [5.41, 5.74) is 0. The second-order valence-corrected chi connectivity index (χ2v) is 4.35. The molecule has 0 aliphatic carbocycles. The van der Waals surface area contributed by atoms with Crippen LogP contribution in [0.4, 0.5) is 0 Å². The van der Waals surface area contributed by atoms with Crippen LogP contribution in [0.25, 0.3) is 0 Å². The molecule has 0 aromatic carbocycles. The highest BCUT2D eigenvalue weighted by atomic mass is 16.3. The van der Waals surface area contributed by atoms with E-state index in [0.717, 1.165) is 18.4 Å². The smallest absolute Gasteiger partial charge is 0.0586 e. The van der Waals surface area contributed by atoms with E-state index in [1.54, 1.807) is 0 Å². The SMILES string of the molecule is CC(C)C1CCN(C)C(CO)C1. The molecule has 0 saturated carbocycles. The normalized spacial score (nSPS) is 32.8. The first kappa shape index (κ1) is 10.0. The first-order valence-corrected chi connectivity index (χ1v) is 4.96. The van der Waals surface area contributed by atoms with Crippen LogP contribution in [0.5, 0.6) is 0 Å². The number of rotatable bonds is 2. The number of hydrogen-bond acceptors (Lipinski definition) is 2. The van der Waals surface area contributed by atoms with Gasteiger partial charge in [-0.05, 0) is 38.3 Å². The fourth-order valence-electron chi connectivity index (χ4n) is 2.02. The van der Waals surface area contributed by atoms with Crippen LogP contribution in [-0.4, -0.2) is 36.2 Å². The van der Waals surface area contributed by atoms with Crippen molar-refractivity contribution in [3.8, 4) is 0 Å². The summed E-state index contributed by atoms with van der Waals surface area (Å²) in [7, 11) is 2.11. The molecule has 0 radical (unpaired) electrons. The average Bonchev–Trinajstić information content (AvgIpc) is 2.05. The van der Waals surface area contributed by atoms with Crippen molar-refractivity contribution < 1.29 is 5.11 Å². The van der Waals surface area contributed by atoms with Crippen LogP contribution >= 0.6 is 0 Å². The Labute approximate surface area is 75.6 Å². The molecule has 0 amide bonds. The molecule has 2 unspecified atom stereocenters. The third kappa shape index (κ3) is 2.20. The summed E-state index contributed by atoms with van der Waals surface area (Å²) >= 11 is 0. The highest BCUT2D eigenvalue weighted by molar-refractivity contribution is 4.80. The van der Waals surface area contributed by atoms with Crippen molar-refractivity contribution in [1.29, 1.82) is 0 Å². The second kappa shape index (κ2) is 4.24. The van der Waals surface area contributed by atoms with Crippen molar-refractivity contribution in [1.82, 2.24) is 4.90 Å². The number of piperidine rings is 1. The zero-order valence-electron chi connectivity index (χ0n) is 8.45. The Morgan fingerprint density at radius 3 is 2.67 bits per heavy atom. The van der Waals surface area contributed by atoms with Crippen LogP contribution in [0.2, 0.25) is 0 Å². The molecule has 1 aliphatic heterocycles. The van der Waals surface area contributed by atoms with Gasteiger partial charge in [-0.3, -0.25) is 0 Å². The molecule has 72 valence electrons. The minimum absolute atomic E-state index is 0.319. The summed E-state index contributed by atoms with van der Waals surface area (Å²) in [5.74, 6) is 1.59. The van der Waals surface area contributed by atoms with E-state index in [1.165, 1.54) is 12.8 Å². The zero-order valence-corrected chi connectivity index (χ0v) is 8.45. The van der Waals surface area contributed by atoms with Crippen molar-refractivity contribution in [2.75, 3.05) is 20.2 Å². The molecule has 0 aromatic heterocycles. The monoisotopic (exact) mass is 171 g/mol. The second-order valence-electron chi connectivity index (χ2n) is 4.35. The lowest BCUT2D eigenvalue weighted by Gasteiger charge is -2.37. The van der Waals surface area contributed by atoms with Crippen LogP contribution in [0.1, 0.15) is 26.7 Å². The lowest BCUT2D eigenvalue weighted by molar-refractivity contribution is 0.0722. The minimum Gasteiger partial charge on any atom is -0.395 e. The van der Waals surface area contributed by atoms with Crippen molar-refractivity contribution >= 4 is 0 Å². The number of aliphatic hydroxyl groups is 1. The third-order valence-electron chi connectivity index (χ3n) is 3.20. The highest BCUT2D eigenvalue weighted by Crippen LogP contribution is 2.27. The lowest BCUT2D eigenvalue weighted by atomic mass is 9.83. The molecular formula is C10H21NO. The molecule has 1 N–H and O–H groups in total. The fourth-order valence-corrected chi connectivity index (χ4v) is 2.02. The van der Waals surface area contributed by atoms with E-state index in [4.69, 9.17) is 5.11 Å². The minimum atomic E-state index is 0.319. The number of likely N-dealkylation sites (tertiary alicyclic amines) is 1. The highest BCUT2D eigenvalue weighted by Gasteiger charge is 2.26. The van der Waals surface area contributed by atoms with E-state index in [2.05, 4.69) is 25.8 Å². The van der Waals surface area contributed by atoms with Crippen LogP contribution < -0.4 is 0 Å². The van der Waals surface area contributed by atoms with Gasteiger partial charge in [-0.15, -0.1) is 0 Å². The van der Waals surface area contributed by atoms with E-state index in [-0.39, 0.29) is 0 Å². The molecule has 2 nitrogen and oxygen atoms in total. The first-order chi connectivity index (χ1) is 5.65. The topological polar surface area (TPSA) is 23.5 Å². The summed E-state index contributed by atoms with van der Waals surface area (Å²) in [6.45, 7) is 6.03. The largest absolute Gasteiger partial charge is 0.395 e. The van der Waals surface area contributed by atoms with Gasteiger partial charge in [0.15, 0.2) is 0 Å². The van der Waals surface area contributed by atoms with Crippen LogP contribution in [0.3, 0.4) is 0 Å². The fraction of sp³-hybridized carbons (Fsp3) is 1.00. The molecule has 0 aromatic rings. The molecule has 2 heteroatoms. The first-order valence-electron chi connectivity index (χ1n) is 4.96. The Bertz CT molecular complexity index is 136. The quantitative estimate of drug-likeness (QED) is 0.678. The van der Waals surface area contributed by atoms with Gasteiger partial charge in [-0.2, -0.15) is 0 Å². The molecule has 12 heavy (non-hydrogen) atoms. The summed E-state index contributed by atoms with van der Waals surface area (Å²) in [6.07, 6.45) is 2.47. The van der Waals surface area contributed by atoms with E-state index < -0.39 is 0 Å². The summed E-state index contributed by atoms with van der Waals surface area (Å²) < 4.78 is 0. The van der Waals surface area contributed by atoms with Crippen LogP contribution in [0, 0.1) is 11.8 Å². The Balaban J connectivity index is 2.44. The number of nitrogens with zero attached hydrogens (tertiary/aromatic N) is 1. The van der Waals surface area contributed by atoms with E-state index in [1.807, 2.05) is 0 Å². The van der Waals surface area contributed by atoms with Crippen LogP contribution in [0.15, 0.2) is 0 Å². The standard InChI is InChI=1S/C10H21NO/c1-8(2)9-4-5-11(3)10(6-9)7-12/h8-10,12H,4-7H2,1-3H3. The van der Waals surface area contributed by atoms with Crippen molar-refractivity contribution in [2.45, 2.75) is 32.7 Å². The average molecular weight is 171 g/mol. The summed E-state index contributed by atoms with van der Waals surface area (Å²) in [5, 5.41) is 9.12. The van der Waals surface area contributed by atoms with Crippen molar-refractivity contribution in [3.05, 3.63) is 0 Å². The van der Waals surface area contributed by atoms with Gasteiger partial charge in [0.2, 0.25) is 0 Å². The number of hydrogen-bond donors (Lipinski definition) is 1. The number of likely N-dealkylation sites (N-methyl/N-ethyl adjacent to an activating group) is 1. The molecule has 2 atom stereocenters. The van der Waals surface area contributed by atoms with Gasteiger partial charge < -0.3 is 10.0 Å². The maximum Gasteiger partial charge on any atom is 0.0586 e. The molecule has 1 heterocycles. The van der Waals surface area contributed by atoms with E-state index >= 15 is 0 Å². The molecular weight excluding hydrogens is 150 g/mol. The summed E-state index contributed by atoms with van der Waals surface area (Å²) in [4.78, 5) is 2.28. The lowest BCUT2D eigenvalue weighted by Crippen LogP contribution is -2.43. The predicted octanol–water partition coefficient (Wildman–Crippen LogP) is 1.35. The van der Waals surface area contributed by atoms with Gasteiger partial charge in [0.1, 0.15) is 0 Å². The molecule has 0 bridgehead atoms. The molecule has 1 aliphatic rings. The third-order valence-corrected chi connectivity index (χ3v) is 3.20. The van der Waals surface area contributed by atoms with Crippen molar-refractivity contribution in [2.24, 2.45) is 11.8 Å². The maximum absolute atomic E-state index is 9.12. The Hall–Kier alpha value is -0.0800. The molecule has 1 fully saturated rings. The molecule has 1 saturated heterocycles. The van der Waals surface area contributed by atoms with E-state index in [9.17, 15) is 0 Å². The Kier molecular flexibility index (Phi) is 3.53. The van der Waals surface area contributed by atoms with Crippen molar-refractivity contribution in [3.63, 3.8) is 0 Å². The van der Waals surface area contributed by atoms with Gasteiger partial charge in [0, 0.05) is 6.04 Å². The van der Waals surface area contributed by atoms with Gasteiger partial charge >= 0.3 is 0 Å². The van der Waals surface area contributed by atoms with Crippen LogP contribution in [-0.2, 0) is 0 Å². The summed E-state index contributed by atoms with van der Waals surface area (Å²) in [6, 6.07) is 0.408. The van der Waals surface area contributed by atoms with E-state index in [0.29, 0.717) is 12.6 Å². The maximum atomic E-state index is 9.12.